The van der Waals surface area contributed by atoms with Crippen molar-refractivity contribution in [3.05, 3.63) is 50.7 Å². The largest absolute Gasteiger partial charge is 0.332 e. The SMILES string of the molecule is CCCCn1c(=O)c2c(nc3n2CCCN3c2cccc(C)c2)n(C)c1=O. The van der Waals surface area contributed by atoms with Crippen LogP contribution in [-0.2, 0) is 20.1 Å². The molecule has 0 saturated heterocycles. The van der Waals surface area contributed by atoms with Crippen LogP contribution in [0.25, 0.3) is 11.2 Å². The highest BCUT2D eigenvalue weighted by Gasteiger charge is 2.26. The van der Waals surface area contributed by atoms with Crippen LogP contribution >= 0.6 is 0 Å². The Morgan fingerprint density at radius 1 is 1.19 bits per heavy atom. The van der Waals surface area contributed by atoms with E-state index in [9.17, 15) is 9.59 Å². The fraction of sp³-hybridized carbons (Fsp3) is 0.450. The Labute approximate surface area is 157 Å². The van der Waals surface area contributed by atoms with Crippen LogP contribution in [-0.4, -0.2) is 25.2 Å². The highest BCUT2D eigenvalue weighted by atomic mass is 16.2. The molecule has 0 aliphatic carbocycles. The molecule has 7 heteroatoms. The number of aryl methyl sites for hydroxylation is 3. The number of anilines is 2. The number of benzene rings is 1. The molecule has 0 spiro atoms. The molecule has 0 atom stereocenters. The van der Waals surface area contributed by atoms with Gasteiger partial charge in [-0.1, -0.05) is 25.5 Å². The summed E-state index contributed by atoms with van der Waals surface area (Å²) in [4.78, 5) is 32.6. The molecule has 0 bridgehead atoms. The van der Waals surface area contributed by atoms with Gasteiger partial charge in [0.05, 0.1) is 0 Å². The van der Waals surface area contributed by atoms with Crippen LogP contribution in [0, 0.1) is 6.92 Å². The van der Waals surface area contributed by atoms with Crippen molar-refractivity contribution in [3.8, 4) is 0 Å². The van der Waals surface area contributed by atoms with Crippen LogP contribution < -0.4 is 16.1 Å². The minimum atomic E-state index is -0.293. The van der Waals surface area contributed by atoms with E-state index in [-0.39, 0.29) is 11.2 Å². The first-order valence-electron chi connectivity index (χ1n) is 9.57. The molecule has 3 heterocycles. The van der Waals surface area contributed by atoms with Crippen molar-refractivity contribution >= 4 is 22.8 Å². The summed E-state index contributed by atoms with van der Waals surface area (Å²) >= 11 is 0. The molecule has 1 aliphatic rings. The second-order valence-corrected chi connectivity index (χ2v) is 7.23. The highest BCUT2D eigenvalue weighted by molar-refractivity contribution is 5.77. The fourth-order valence-corrected chi connectivity index (χ4v) is 3.82. The van der Waals surface area contributed by atoms with Crippen molar-refractivity contribution in [2.45, 2.75) is 46.2 Å². The Kier molecular flexibility index (Phi) is 4.37. The van der Waals surface area contributed by atoms with Gasteiger partial charge in [0, 0.05) is 32.4 Å². The molecule has 0 radical (unpaired) electrons. The number of rotatable bonds is 4. The zero-order chi connectivity index (χ0) is 19.1. The zero-order valence-electron chi connectivity index (χ0n) is 16.1. The molecule has 4 rings (SSSR count). The third-order valence-electron chi connectivity index (χ3n) is 5.27. The van der Waals surface area contributed by atoms with Crippen LogP contribution in [0.1, 0.15) is 31.7 Å². The van der Waals surface area contributed by atoms with Crippen LogP contribution in [0.3, 0.4) is 0 Å². The van der Waals surface area contributed by atoms with E-state index in [1.165, 1.54) is 14.7 Å². The van der Waals surface area contributed by atoms with Gasteiger partial charge in [-0.25, -0.2) is 4.79 Å². The number of unbranched alkanes of at least 4 members (excludes halogenated alkanes) is 1. The molecule has 1 aromatic carbocycles. The van der Waals surface area contributed by atoms with Crippen LogP contribution in [0.15, 0.2) is 33.9 Å². The zero-order valence-corrected chi connectivity index (χ0v) is 16.1. The summed E-state index contributed by atoms with van der Waals surface area (Å²) in [5.74, 6) is 0.738. The maximum absolute atomic E-state index is 13.1. The van der Waals surface area contributed by atoms with Crippen molar-refractivity contribution in [1.29, 1.82) is 0 Å². The second-order valence-electron chi connectivity index (χ2n) is 7.23. The molecule has 7 nitrogen and oxygen atoms in total. The maximum Gasteiger partial charge on any atom is 0.332 e. The summed E-state index contributed by atoms with van der Waals surface area (Å²) < 4.78 is 4.84. The average Bonchev–Trinajstić information content (AvgIpc) is 3.06. The van der Waals surface area contributed by atoms with E-state index < -0.39 is 0 Å². The second kappa shape index (κ2) is 6.72. The minimum Gasteiger partial charge on any atom is -0.312 e. The van der Waals surface area contributed by atoms with Gasteiger partial charge in [-0.2, -0.15) is 4.98 Å². The molecule has 0 unspecified atom stereocenters. The topological polar surface area (TPSA) is 65.1 Å². The summed E-state index contributed by atoms with van der Waals surface area (Å²) in [5.41, 5.74) is 2.70. The van der Waals surface area contributed by atoms with E-state index in [0.717, 1.165) is 44.0 Å². The Hall–Kier alpha value is -2.83. The summed E-state index contributed by atoms with van der Waals surface area (Å²) in [6, 6.07) is 8.26. The number of nitrogens with zero attached hydrogens (tertiary/aromatic N) is 5. The van der Waals surface area contributed by atoms with Gasteiger partial charge in [0.1, 0.15) is 0 Å². The van der Waals surface area contributed by atoms with Crippen LogP contribution in [0.4, 0.5) is 11.6 Å². The Bertz CT molecular complexity index is 1120. The van der Waals surface area contributed by atoms with Crippen molar-refractivity contribution in [1.82, 2.24) is 18.7 Å². The lowest BCUT2D eigenvalue weighted by atomic mass is 10.2. The Morgan fingerprint density at radius 3 is 2.74 bits per heavy atom. The van der Waals surface area contributed by atoms with Crippen molar-refractivity contribution in [2.24, 2.45) is 7.05 Å². The Balaban J connectivity index is 1.95. The van der Waals surface area contributed by atoms with E-state index in [0.29, 0.717) is 17.7 Å². The third-order valence-corrected chi connectivity index (χ3v) is 5.27. The smallest absolute Gasteiger partial charge is 0.312 e. The van der Waals surface area contributed by atoms with Crippen molar-refractivity contribution < 1.29 is 0 Å². The lowest BCUT2D eigenvalue weighted by Gasteiger charge is -2.29. The van der Waals surface area contributed by atoms with Gasteiger partial charge >= 0.3 is 5.69 Å². The van der Waals surface area contributed by atoms with E-state index >= 15 is 0 Å². The molecular weight excluding hydrogens is 342 g/mol. The van der Waals surface area contributed by atoms with Crippen LogP contribution in [0.2, 0.25) is 0 Å². The number of aromatic nitrogens is 4. The van der Waals surface area contributed by atoms with Crippen molar-refractivity contribution in [2.75, 3.05) is 11.4 Å². The van der Waals surface area contributed by atoms with E-state index in [1.807, 2.05) is 10.6 Å². The van der Waals surface area contributed by atoms with Gasteiger partial charge in [0.15, 0.2) is 11.2 Å². The molecule has 0 N–H and O–H groups in total. The summed E-state index contributed by atoms with van der Waals surface area (Å²) in [5, 5.41) is 0. The third kappa shape index (κ3) is 2.78. The van der Waals surface area contributed by atoms with Gasteiger partial charge in [-0.05, 0) is 37.5 Å². The lowest BCUT2D eigenvalue weighted by molar-refractivity contribution is 0.560. The molecule has 142 valence electrons. The predicted molar refractivity (Wildman–Crippen MR) is 107 cm³/mol. The molecule has 1 aliphatic heterocycles. The van der Waals surface area contributed by atoms with Gasteiger partial charge in [0.2, 0.25) is 5.95 Å². The number of hydrogen-bond donors (Lipinski definition) is 0. The Morgan fingerprint density at radius 2 is 2.00 bits per heavy atom. The van der Waals surface area contributed by atoms with Gasteiger partial charge in [-0.15, -0.1) is 0 Å². The first-order chi connectivity index (χ1) is 13.0. The first kappa shape index (κ1) is 17.6. The first-order valence-corrected chi connectivity index (χ1v) is 9.57. The lowest BCUT2D eigenvalue weighted by Crippen LogP contribution is -2.40. The number of hydrogen-bond acceptors (Lipinski definition) is 4. The van der Waals surface area contributed by atoms with Gasteiger partial charge in [0.25, 0.3) is 5.56 Å². The van der Waals surface area contributed by atoms with Crippen molar-refractivity contribution in [3.63, 3.8) is 0 Å². The molecular formula is C20H25N5O2. The molecule has 0 fully saturated rings. The quantitative estimate of drug-likeness (QED) is 0.711. The van der Waals surface area contributed by atoms with E-state index in [2.05, 4.69) is 36.9 Å². The number of fused-ring (bicyclic) bond motifs is 3. The molecule has 2 aromatic heterocycles. The molecule has 27 heavy (non-hydrogen) atoms. The summed E-state index contributed by atoms with van der Waals surface area (Å²) in [7, 11) is 1.70. The molecule has 0 saturated carbocycles. The molecule has 3 aromatic rings. The number of imidazole rings is 1. The van der Waals surface area contributed by atoms with Crippen LogP contribution in [0.5, 0.6) is 0 Å². The van der Waals surface area contributed by atoms with E-state index in [4.69, 9.17) is 4.98 Å². The van der Waals surface area contributed by atoms with Gasteiger partial charge < -0.3 is 9.47 Å². The molecule has 0 amide bonds. The summed E-state index contributed by atoms with van der Waals surface area (Å²) in [6.45, 7) is 6.13. The normalized spacial score (nSPS) is 14.0. The monoisotopic (exact) mass is 367 g/mol. The van der Waals surface area contributed by atoms with E-state index in [1.54, 1.807) is 7.05 Å². The highest BCUT2D eigenvalue weighted by Crippen LogP contribution is 2.31. The predicted octanol–water partition coefficient (Wildman–Crippen LogP) is 2.55. The average molecular weight is 367 g/mol. The fourth-order valence-electron chi connectivity index (χ4n) is 3.82. The standard InChI is InChI=1S/C20H25N5O2/c1-4-5-10-25-18(26)16-17(22(3)20(25)27)21-19-23(11-7-12-24(16)19)15-9-6-8-14(2)13-15/h6,8-9,13H,4-5,7,10-12H2,1-3H3. The summed E-state index contributed by atoms with van der Waals surface area (Å²) in [6.07, 6.45) is 2.65. The van der Waals surface area contributed by atoms with Gasteiger partial charge in [-0.3, -0.25) is 13.9 Å². The minimum absolute atomic E-state index is 0.230. The maximum atomic E-state index is 13.1.